The topological polar surface area (TPSA) is 35.5 Å². The average Bonchev–Trinajstić information content (AvgIpc) is 2.42. The van der Waals surface area contributed by atoms with Crippen LogP contribution in [-0.4, -0.2) is 18.5 Å². The molecule has 0 spiro atoms. The fourth-order valence-corrected chi connectivity index (χ4v) is 1.07. The van der Waals surface area contributed by atoms with Crippen LogP contribution >= 0.6 is 9.03 Å². The molecule has 4 heteroatoms. The Morgan fingerprint density at radius 1 is 1.60 bits per heavy atom. The van der Waals surface area contributed by atoms with Gasteiger partial charge in [-0.1, -0.05) is 13.8 Å². The lowest BCUT2D eigenvalue weighted by Gasteiger charge is -1.97. The molecular weight excluding hydrogens is 151 g/mol. The van der Waals surface area contributed by atoms with Crippen LogP contribution in [0.5, 0.6) is 0 Å². The smallest absolute Gasteiger partial charge is 0.161 e. The first-order valence-corrected chi connectivity index (χ1v) is 4.15. The minimum atomic E-state index is -0.284. The van der Waals surface area contributed by atoms with Gasteiger partial charge in [-0.15, -0.1) is 0 Å². The number of hydrogen-bond donors (Lipinski definition) is 0. The zero-order chi connectivity index (χ0) is 7.98. The van der Waals surface area contributed by atoms with E-state index < -0.39 is 0 Å². The predicted molar refractivity (Wildman–Crippen MR) is 41.2 cm³/mol. The molecule has 3 nitrogen and oxygen atoms in total. The molecule has 2 unspecified atom stereocenters. The van der Waals surface area contributed by atoms with Crippen molar-refractivity contribution in [1.82, 2.24) is 0 Å². The lowest BCUT2D eigenvalue weighted by molar-refractivity contribution is -0.122. The van der Waals surface area contributed by atoms with Crippen molar-refractivity contribution in [2.45, 2.75) is 26.9 Å². The van der Waals surface area contributed by atoms with E-state index in [9.17, 15) is 4.79 Å². The van der Waals surface area contributed by atoms with Crippen LogP contribution in [0, 0.1) is 0 Å². The number of rotatable bonds is 1. The second-order valence-electron chi connectivity index (χ2n) is 1.61. The van der Waals surface area contributed by atoms with Crippen LogP contribution < -0.4 is 0 Å². The molecule has 0 amide bonds. The molecule has 1 heterocycles. The average molecular weight is 164 g/mol. The SMILES string of the molecule is CC.CC(=O)C1COPO1. The molecule has 0 N–H and O–H groups in total. The van der Waals surface area contributed by atoms with Gasteiger partial charge < -0.3 is 9.05 Å². The maximum atomic E-state index is 10.4. The third-order valence-corrected chi connectivity index (χ3v) is 1.60. The van der Waals surface area contributed by atoms with E-state index in [1.807, 2.05) is 13.8 Å². The van der Waals surface area contributed by atoms with Crippen molar-refractivity contribution in [1.29, 1.82) is 0 Å². The first kappa shape index (κ1) is 10.0. The van der Waals surface area contributed by atoms with Crippen molar-refractivity contribution in [3.05, 3.63) is 0 Å². The van der Waals surface area contributed by atoms with Gasteiger partial charge in [0.05, 0.1) is 6.61 Å². The summed E-state index contributed by atoms with van der Waals surface area (Å²) >= 11 is 0. The molecule has 0 aromatic carbocycles. The van der Waals surface area contributed by atoms with Gasteiger partial charge in [0.25, 0.3) is 0 Å². The van der Waals surface area contributed by atoms with E-state index in [1.54, 1.807) is 0 Å². The number of Topliss-reactive ketones (excluding diaryl/α,β-unsaturated/α-hetero) is 1. The number of carbonyl (C=O) groups is 1. The van der Waals surface area contributed by atoms with Crippen LogP contribution in [0.15, 0.2) is 0 Å². The van der Waals surface area contributed by atoms with Crippen LogP contribution in [0.2, 0.25) is 0 Å². The molecule has 1 fully saturated rings. The lowest BCUT2D eigenvalue weighted by atomic mass is 10.3. The molecule has 0 aromatic heterocycles. The number of ketones is 1. The van der Waals surface area contributed by atoms with Gasteiger partial charge in [0.15, 0.2) is 14.8 Å². The third-order valence-electron chi connectivity index (χ3n) is 0.937. The highest BCUT2D eigenvalue weighted by Crippen LogP contribution is 2.25. The number of carbonyl (C=O) groups excluding carboxylic acids is 1. The molecule has 1 saturated heterocycles. The van der Waals surface area contributed by atoms with E-state index in [1.165, 1.54) is 6.92 Å². The summed E-state index contributed by atoms with van der Waals surface area (Å²) in [6.07, 6.45) is -0.284. The summed E-state index contributed by atoms with van der Waals surface area (Å²) in [6, 6.07) is 0. The summed E-state index contributed by atoms with van der Waals surface area (Å²) in [6.45, 7) is 5.94. The summed E-state index contributed by atoms with van der Waals surface area (Å²) in [5.41, 5.74) is 0. The number of hydrogen-bond acceptors (Lipinski definition) is 3. The molecule has 0 bridgehead atoms. The molecule has 2 atom stereocenters. The summed E-state index contributed by atoms with van der Waals surface area (Å²) in [5.74, 6) is 0.0509. The standard InChI is InChI=1S/C4H7O3P.C2H6/c1-3(5)4-2-6-8-7-4;1-2/h4,8H,2H2,1H3;1-2H3. The fourth-order valence-electron chi connectivity index (χ4n) is 0.436. The van der Waals surface area contributed by atoms with Crippen LogP contribution in [0.3, 0.4) is 0 Å². The van der Waals surface area contributed by atoms with Gasteiger partial charge in [-0.25, -0.2) is 0 Å². The van der Waals surface area contributed by atoms with Crippen LogP contribution in [0.25, 0.3) is 0 Å². The van der Waals surface area contributed by atoms with Crippen molar-refractivity contribution in [2.75, 3.05) is 6.61 Å². The Kier molecular flexibility index (Phi) is 5.79. The minimum Gasteiger partial charge on any atom is -0.333 e. The van der Waals surface area contributed by atoms with Crippen molar-refractivity contribution in [3.63, 3.8) is 0 Å². The second-order valence-corrected chi connectivity index (χ2v) is 2.30. The Bertz CT molecular complexity index is 99.2. The molecule has 0 aliphatic carbocycles. The van der Waals surface area contributed by atoms with E-state index in [2.05, 4.69) is 0 Å². The van der Waals surface area contributed by atoms with E-state index in [0.29, 0.717) is 6.61 Å². The largest absolute Gasteiger partial charge is 0.333 e. The Balaban J connectivity index is 0.000000371. The van der Waals surface area contributed by atoms with Crippen molar-refractivity contribution < 1.29 is 13.8 Å². The molecule has 10 heavy (non-hydrogen) atoms. The summed E-state index contributed by atoms with van der Waals surface area (Å²) in [4.78, 5) is 10.4. The Labute approximate surface area is 63.0 Å². The molecule has 60 valence electrons. The second kappa shape index (κ2) is 5.78. The molecule has 0 aromatic rings. The summed E-state index contributed by atoms with van der Waals surface area (Å²) < 4.78 is 9.67. The zero-order valence-corrected chi connectivity index (χ0v) is 7.51. The summed E-state index contributed by atoms with van der Waals surface area (Å²) in [7, 11) is 0.0609. The van der Waals surface area contributed by atoms with E-state index in [0.717, 1.165) is 0 Å². The maximum absolute atomic E-state index is 10.4. The highest BCUT2D eigenvalue weighted by molar-refractivity contribution is 7.26. The minimum absolute atomic E-state index is 0.0509. The van der Waals surface area contributed by atoms with Crippen molar-refractivity contribution >= 4 is 14.8 Å². The first-order chi connectivity index (χ1) is 4.80. The molecular formula is C6H13O3P. The van der Waals surface area contributed by atoms with Crippen LogP contribution in [0.1, 0.15) is 20.8 Å². The summed E-state index contributed by atoms with van der Waals surface area (Å²) in [5, 5.41) is 0. The third kappa shape index (κ3) is 3.25. The monoisotopic (exact) mass is 164 g/mol. The van der Waals surface area contributed by atoms with Crippen molar-refractivity contribution in [2.24, 2.45) is 0 Å². The normalized spacial score (nSPS) is 25.7. The molecule has 1 aliphatic rings. The Hall–Kier alpha value is 0.0200. The molecule has 0 saturated carbocycles. The van der Waals surface area contributed by atoms with Crippen molar-refractivity contribution in [3.8, 4) is 0 Å². The highest BCUT2D eigenvalue weighted by atomic mass is 31.1. The van der Waals surface area contributed by atoms with E-state index in [-0.39, 0.29) is 20.9 Å². The van der Waals surface area contributed by atoms with Gasteiger partial charge in [0.1, 0.15) is 6.10 Å². The van der Waals surface area contributed by atoms with Gasteiger partial charge in [-0.2, -0.15) is 0 Å². The van der Waals surface area contributed by atoms with Crippen LogP contribution in [0.4, 0.5) is 0 Å². The molecule has 0 radical (unpaired) electrons. The van der Waals surface area contributed by atoms with Gasteiger partial charge in [-0.05, 0) is 6.92 Å². The van der Waals surface area contributed by atoms with Gasteiger partial charge in [0.2, 0.25) is 0 Å². The van der Waals surface area contributed by atoms with Gasteiger partial charge >= 0.3 is 0 Å². The fraction of sp³-hybridized carbons (Fsp3) is 0.833. The van der Waals surface area contributed by atoms with E-state index in [4.69, 9.17) is 9.05 Å². The van der Waals surface area contributed by atoms with E-state index >= 15 is 0 Å². The Morgan fingerprint density at radius 3 is 2.40 bits per heavy atom. The first-order valence-electron chi connectivity index (χ1n) is 3.33. The highest BCUT2D eigenvalue weighted by Gasteiger charge is 2.20. The Morgan fingerprint density at radius 2 is 2.20 bits per heavy atom. The zero-order valence-electron chi connectivity index (χ0n) is 6.51. The molecule has 1 rings (SSSR count). The quantitative estimate of drug-likeness (QED) is 0.551. The van der Waals surface area contributed by atoms with Gasteiger partial charge in [0, 0.05) is 0 Å². The predicted octanol–water partition coefficient (Wildman–Crippen LogP) is 1.53. The van der Waals surface area contributed by atoms with Crippen LogP contribution in [-0.2, 0) is 13.8 Å². The lowest BCUT2D eigenvalue weighted by Crippen LogP contribution is -2.18. The molecule has 1 aliphatic heterocycles. The van der Waals surface area contributed by atoms with Gasteiger partial charge in [-0.3, -0.25) is 4.79 Å². The maximum Gasteiger partial charge on any atom is 0.161 e.